The molecule has 0 amide bonds. The van der Waals surface area contributed by atoms with Crippen LogP contribution in [0.2, 0.25) is 0 Å². The Bertz CT molecular complexity index is 1020. The van der Waals surface area contributed by atoms with Crippen molar-refractivity contribution in [1.82, 2.24) is 0 Å². The molecule has 0 fully saturated rings. The Balaban J connectivity index is 2.06. The van der Waals surface area contributed by atoms with E-state index in [2.05, 4.69) is 15.9 Å². The van der Waals surface area contributed by atoms with Gasteiger partial charge in [0.25, 0.3) is 0 Å². The van der Waals surface area contributed by atoms with Gasteiger partial charge in [0.1, 0.15) is 22.9 Å². The predicted molar refractivity (Wildman–Crippen MR) is 104 cm³/mol. The molecule has 0 bridgehead atoms. The Labute approximate surface area is 159 Å². The number of amidine groups is 1. The summed E-state index contributed by atoms with van der Waals surface area (Å²) in [5, 5.41) is 0. The zero-order valence-electron chi connectivity index (χ0n) is 14.0. The van der Waals surface area contributed by atoms with E-state index in [0.29, 0.717) is 5.56 Å². The molecule has 3 aromatic carbocycles. The van der Waals surface area contributed by atoms with Gasteiger partial charge in [0, 0.05) is 10.0 Å². The highest BCUT2D eigenvalue weighted by Crippen LogP contribution is 2.47. The molecule has 1 aliphatic heterocycles. The molecule has 1 aliphatic rings. The van der Waals surface area contributed by atoms with Gasteiger partial charge in [-0.15, -0.1) is 0 Å². The maximum absolute atomic E-state index is 14.5. The van der Waals surface area contributed by atoms with Gasteiger partial charge in [-0.2, -0.15) is 0 Å². The number of hydrogen-bond donors (Lipinski definition) is 1. The van der Waals surface area contributed by atoms with E-state index in [9.17, 15) is 4.39 Å². The first kappa shape index (κ1) is 16.8. The van der Waals surface area contributed by atoms with Crippen molar-refractivity contribution in [1.29, 1.82) is 0 Å². The third kappa shape index (κ3) is 2.42. The molecule has 5 heteroatoms. The molecule has 0 spiro atoms. The molecule has 3 aromatic rings. The molecule has 0 radical (unpaired) electrons. The van der Waals surface area contributed by atoms with Crippen molar-refractivity contribution in [3.05, 3.63) is 99.3 Å². The Morgan fingerprint density at radius 1 is 1.00 bits per heavy atom. The molecule has 4 rings (SSSR count). The molecule has 1 atom stereocenters. The van der Waals surface area contributed by atoms with Crippen LogP contribution in [0, 0.1) is 5.82 Å². The quantitative estimate of drug-likeness (QED) is 0.685. The number of benzene rings is 3. The van der Waals surface area contributed by atoms with Crippen LogP contribution in [0.1, 0.15) is 22.3 Å². The van der Waals surface area contributed by atoms with Crippen LogP contribution in [-0.4, -0.2) is 12.9 Å². The first-order chi connectivity index (χ1) is 12.6. The third-order valence-corrected chi connectivity index (χ3v) is 5.19. The second-order valence-electron chi connectivity index (χ2n) is 6.11. The lowest BCUT2D eigenvalue weighted by molar-refractivity contribution is 0.414. The summed E-state index contributed by atoms with van der Waals surface area (Å²) in [5.74, 6) is 0.579. The second kappa shape index (κ2) is 6.25. The van der Waals surface area contributed by atoms with Crippen LogP contribution in [0.4, 0.5) is 4.39 Å². The number of halogens is 2. The standard InChI is InChI=1S/C21H16BrFN2O/c1-26-16-10-8-13(9-11-16)21(14-4-2-5-15(22)12-14)17-6-3-7-18(23)19(17)20(24)25-21/h2-12H,1H3,(H2,24,25). The molecular formula is C21H16BrFN2O. The number of hydrogen-bond acceptors (Lipinski definition) is 3. The van der Waals surface area contributed by atoms with Crippen molar-refractivity contribution in [2.75, 3.05) is 7.11 Å². The molecule has 2 N–H and O–H groups in total. The van der Waals surface area contributed by atoms with E-state index >= 15 is 0 Å². The maximum Gasteiger partial charge on any atom is 0.139 e. The molecule has 3 nitrogen and oxygen atoms in total. The fourth-order valence-electron chi connectivity index (χ4n) is 3.54. The largest absolute Gasteiger partial charge is 0.497 e. The monoisotopic (exact) mass is 410 g/mol. The summed E-state index contributed by atoms with van der Waals surface area (Å²) in [6.07, 6.45) is 0. The Kier molecular flexibility index (Phi) is 4.04. The summed E-state index contributed by atoms with van der Waals surface area (Å²) in [4.78, 5) is 4.78. The van der Waals surface area contributed by atoms with Gasteiger partial charge >= 0.3 is 0 Å². The van der Waals surface area contributed by atoms with Gasteiger partial charge in [-0.25, -0.2) is 9.38 Å². The number of rotatable bonds is 3. The Hall–Kier alpha value is -2.66. The molecule has 0 aromatic heterocycles. The summed E-state index contributed by atoms with van der Waals surface area (Å²) in [7, 11) is 1.62. The highest BCUT2D eigenvalue weighted by atomic mass is 79.9. The topological polar surface area (TPSA) is 47.6 Å². The van der Waals surface area contributed by atoms with E-state index in [0.717, 1.165) is 26.9 Å². The molecule has 0 saturated heterocycles. The molecule has 0 aliphatic carbocycles. The summed E-state index contributed by atoms with van der Waals surface area (Å²) in [6.45, 7) is 0. The van der Waals surface area contributed by atoms with Gasteiger partial charge in [0.15, 0.2) is 0 Å². The average molecular weight is 411 g/mol. The third-order valence-electron chi connectivity index (χ3n) is 4.70. The fourth-order valence-corrected chi connectivity index (χ4v) is 3.93. The van der Waals surface area contributed by atoms with Gasteiger partial charge in [-0.05, 0) is 41.5 Å². The van der Waals surface area contributed by atoms with E-state index in [-0.39, 0.29) is 11.7 Å². The van der Waals surface area contributed by atoms with Crippen LogP contribution in [0.3, 0.4) is 0 Å². The van der Waals surface area contributed by atoms with Crippen molar-refractivity contribution in [3.63, 3.8) is 0 Å². The lowest BCUT2D eigenvalue weighted by Crippen LogP contribution is -2.25. The lowest BCUT2D eigenvalue weighted by Gasteiger charge is -2.29. The lowest BCUT2D eigenvalue weighted by atomic mass is 9.77. The predicted octanol–water partition coefficient (Wildman–Crippen LogP) is 4.61. The number of aliphatic imine (C=N–C) groups is 1. The van der Waals surface area contributed by atoms with Gasteiger partial charge in [-0.3, -0.25) is 0 Å². The number of nitrogens with zero attached hydrogens (tertiary/aromatic N) is 1. The van der Waals surface area contributed by atoms with Crippen molar-refractivity contribution in [2.45, 2.75) is 5.54 Å². The zero-order valence-corrected chi connectivity index (χ0v) is 15.6. The van der Waals surface area contributed by atoms with E-state index < -0.39 is 5.54 Å². The minimum Gasteiger partial charge on any atom is -0.497 e. The van der Waals surface area contributed by atoms with E-state index in [1.54, 1.807) is 13.2 Å². The highest BCUT2D eigenvalue weighted by Gasteiger charge is 2.44. The first-order valence-electron chi connectivity index (χ1n) is 8.11. The van der Waals surface area contributed by atoms with Gasteiger partial charge in [-0.1, -0.05) is 52.3 Å². The second-order valence-corrected chi connectivity index (χ2v) is 7.02. The number of ether oxygens (including phenoxy) is 1. The molecule has 0 saturated carbocycles. The van der Waals surface area contributed by atoms with Crippen LogP contribution in [-0.2, 0) is 5.54 Å². The van der Waals surface area contributed by atoms with E-state index in [1.807, 2.05) is 54.6 Å². The van der Waals surface area contributed by atoms with Crippen LogP contribution in [0.5, 0.6) is 5.75 Å². The van der Waals surface area contributed by atoms with Crippen molar-refractivity contribution < 1.29 is 9.13 Å². The zero-order chi connectivity index (χ0) is 18.3. The number of nitrogens with two attached hydrogens (primary N) is 1. The van der Waals surface area contributed by atoms with E-state index in [1.165, 1.54) is 6.07 Å². The maximum atomic E-state index is 14.5. The molecular weight excluding hydrogens is 395 g/mol. The van der Waals surface area contributed by atoms with Crippen molar-refractivity contribution in [3.8, 4) is 5.75 Å². The Morgan fingerprint density at radius 2 is 1.73 bits per heavy atom. The van der Waals surface area contributed by atoms with Crippen LogP contribution < -0.4 is 10.5 Å². The van der Waals surface area contributed by atoms with Crippen LogP contribution in [0.15, 0.2) is 76.2 Å². The molecule has 130 valence electrons. The number of methoxy groups -OCH3 is 1. The minimum atomic E-state index is -0.905. The molecule has 1 unspecified atom stereocenters. The SMILES string of the molecule is COc1ccc(C2(c3cccc(Br)c3)N=C(N)c3c(F)cccc32)cc1. The summed E-state index contributed by atoms with van der Waals surface area (Å²) < 4.78 is 20.7. The number of fused-ring (bicyclic) bond motifs is 1. The summed E-state index contributed by atoms with van der Waals surface area (Å²) in [6, 6.07) is 20.5. The fraction of sp³-hybridized carbons (Fsp3) is 0.0952. The van der Waals surface area contributed by atoms with Gasteiger partial charge in [0.05, 0.1) is 12.7 Å². The Morgan fingerprint density at radius 3 is 2.42 bits per heavy atom. The van der Waals surface area contributed by atoms with Crippen molar-refractivity contribution >= 4 is 21.8 Å². The summed E-state index contributed by atoms with van der Waals surface area (Å²) >= 11 is 3.52. The first-order valence-corrected chi connectivity index (χ1v) is 8.91. The molecule has 26 heavy (non-hydrogen) atoms. The van der Waals surface area contributed by atoms with E-state index in [4.69, 9.17) is 15.5 Å². The van der Waals surface area contributed by atoms with Gasteiger partial charge in [0.2, 0.25) is 0 Å². The average Bonchev–Trinajstić information content (AvgIpc) is 2.97. The van der Waals surface area contributed by atoms with Crippen LogP contribution in [0.25, 0.3) is 0 Å². The smallest absolute Gasteiger partial charge is 0.139 e. The highest BCUT2D eigenvalue weighted by molar-refractivity contribution is 9.10. The van der Waals surface area contributed by atoms with Gasteiger partial charge < -0.3 is 10.5 Å². The summed E-state index contributed by atoms with van der Waals surface area (Å²) in [5.41, 5.74) is 8.16. The molecule has 1 heterocycles. The van der Waals surface area contributed by atoms with Crippen molar-refractivity contribution in [2.24, 2.45) is 10.7 Å². The minimum absolute atomic E-state index is 0.203. The normalized spacial score (nSPS) is 18.3. The van der Waals surface area contributed by atoms with Crippen LogP contribution >= 0.6 is 15.9 Å².